The minimum absolute atomic E-state index is 0.123. The quantitative estimate of drug-likeness (QED) is 0.665. The van der Waals surface area contributed by atoms with Gasteiger partial charge in [0.05, 0.1) is 0 Å². The average molecular weight is 304 g/mol. The van der Waals surface area contributed by atoms with Crippen LogP contribution in [0.1, 0.15) is 65.2 Å². The molecule has 0 aromatic carbocycles. The number of hydrogen-bond acceptors (Lipinski definition) is 2. The van der Waals surface area contributed by atoms with Crippen LogP contribution in [0.3, 0.4) is 0 Å². The van der Waals surface area contributed by atoms with Gasteiger partial charge in [-0.3, -0.25) is 9.59 Å². The summed E-state index contributed by atoms with van der Waals surface area (Å²) in [4.78, 5) is 24.1. The zero-order valence-corrected chi connectivity index (χ0v) is 13.6. The molecule has 0 aromatic rings. The molecule has 5 atom stereocenters. The molecule has 120 valence electrons. The maximum atomic E-state index is 14.4. The highest BCUT2D eigenvalue weighted by Crippen LogP contribution is 2.64. The lowest BCUT2D eigenvalue weighted by molar-refractivity contribution is -0.132. The Balaban J connectivity index is 1.73. The molecular weight excluding hydrogens is 279 g/mol. The van der Waals surface area contributed by atoms with Crippen LogP contribution in [0.5, 0.6) is 0 Å². The van der Waals surface area contributed by atoms with Crippen LogP contribution in [0.4, 0.5) is 4.39 Å². The van der Waals surface area contributed by atoms with E-state index >= 15 is 0 Å². The Morgan fingerprint density at radius 1 is 0.909 bits per heavy atom. The van der Waals surface area contributed by atoms with Crippen molar-refractivity contribution in [2.45, 2.75) is 65.2 Å². The van der Waals surface area contributed by atoms with E-state index in [4.69, 9.17) is 0 Å². The summed E-state index contributed by atoms with van der Waals surface area (Å²) in [5.41, 5.74) is 0.535. The maximum Gasteiger partial charge on any atom is 0.191 e. The Morgan fingerprint density at radius 2 is 1.64 bits per heavy atom. The first-order valence-electron chi connectivity index (χ1n) is 8.83. The number of rotatable bonds is 0. The topological polar surface area (TPSA) is 34.1 Å². The van der Waals surface area contributed by atoms with Crippen molar-refractivity contribution in [1.29, 1.82) is 0 Å². The molecule has 3 heteroatoms. The monoisotopic (exact) mass is 304 g/mol. The first kappa shape index (κ1) is 14.6. The van der Waals surface area contributed by atoms with Gasteiger partial charge in [-0.2, -0.15) is 0 Å². The normalized spacial score (nSPS) is 48.0. The summed E-state index contributed by atoms with van der Waals surface area (Å²) in [5.74, 6) is 1.22. The lowest BCUT2D eigenvalue weighted by atomic mass is 9.47. The van der Waals surface area contributed by atoms with E-state index in [2.05, 4.69) is 13.8 Å². The van der Waals surface area contributed by atoms with Gasteiger partial charge in [0.1, 0.15) is 5.78 Å². The molecule has 4 unspecified atom stereocenters. The Morgan fingerprint density at radius 3 is 2.41 bits per heavy atom. The van der Waals surface area contributed by atoms with Crippen LogP contribution >= 0.6 is 0 Å². The maximum absolute atomic E-state index is 14.4. The summed E-state index contributed by atoms with van der Waals surface area (Å²) in [6.07, 6.45) is 6.56. The SMILES string of the molecule is CC12CCC3C(CCC4=C(F)C(=O)CC[C@@]43C)C1CCC2=O. The lowest BCUT2D eigenvalue weighted by Gasteiger charge is -2.56. The largest absolute Gasteiger partial charge is 0.299 e. The first-order chi connectivity index (χ1) is 10.4. The van der Waals surface area contributed by atoms with Gasteiger partial charge in [0.25, 0.3) is 0 Å². The van der Waals surface area contributed by atoms with Gasteiger partial charge in [-0.1, -0.05) is 13.8 Å². The van der Waals surface area contributed by atoms with Crippen LogP contribution in [-0.2, 0) is 9.59 Å². The van der Waals surface area contributed by atoms with Gasteiger partial charge in [-0.05, 0) is 67.3 Å². The van der Waals surface area contributed by atoms with Crippen LogP contribution in [0, 0.1) is 28.6 Å². The molecule has 0 aliphatic heterocycles. The number of ketones is 2. The predicted octanol–water partition coefficient (Wildman–Crippen LogP) is 4.38. The van der Waals surface area contributed by atoms with E-state index < -0.39 is 5.83 Å². The molecule has 4 aliphatic rings. The second kappa shape index (κ2) is 4.52. The summed E-state index contributed by atoms with van der Waals surface area (Å²) in [7, 11) is 0. The molecule has 3 saturated carbocycles. The molecule has 0 saturated heterocycles. The third-order valence-electron chi connectivity index (χ3n) is 7.76. The van der Waals surface area contributed by atoms with Gasteiger partial charge in [-0.25, -0.2) is 4.39 Å². The highest BCUT2D eigenvalue weighted by atomic mass is 19.1. The fourth-order valence-electron chi connectivity index (χ4n) is 6.42. The van der Waals surface area contributed by atoms with Gasteiger partial charge >= 0.3 is 0 Å². The lowest BCUT2D eigenvalue weighted by Crippen LogP contribution is -2.51. The Bertz CT molecular complexity index is 592. The standard InChI is InChI=1S/C19H25FO2/c1-18-10-8-15(21)17(20)14(18)4-3-11-12-5-6-16(22)19(12,2)9-7-13(11)18/h11-13H,3-10H2,1-2H3/t11?,12?,13?,18-,19?/m1/s1. The molecular formula is C19H25FO2. The average Bonchev–Trinajstić information content (AvgIpc) is 2.79. The van der Waals surface area contributed by atoms with Crippen LogP contribution in [0.15, 0.2) is 11.4 Å². The van der Waals surface area contributed by atoms with Crippen LogP contribution in [0.25, 0.3) is 0 Å². The zero-order chi connectivity index (χ0) is 15.7. The number of carbonyl (C=O) groups is 2. The predicted molar refractivity (Wildman–Crippen MR) is 81.8 cm³/mol. The van der Waals surface area contributed by atoms with Crippen molar-refractivity contribution in [3.63, 3.8) is 0 Å². The zero-order valence-electron chi connectivity index (χ0n) is 13.6. The summed E-state index contributed by atoms with van der Waals surface area (Å²) >= 11 is 0. The summed E-state index contributed by atoms with van der Waals surface area (Å²) < 4.78 is 14.4. The van der Waals surface area contributed by atoms with E-state index in [0.717, 1.165) is 50.5 Å². The number of hydrogen-bond donors (Lipinski definition) is 0. The first-order valence-corrected chi connectivity index (χ1v) is 8.83. The fraction of sp³-hybridized carbons (Fsp3) is 0.789. The van der Waals surface area contributed by atoms with E-state index in [1.165, 1.54) is 0 Å². The van der Waals surface area contributed by atoms with Gasteiger partial charge in [-0.15, -0.1) is 0 Å². The molecule has 4 rings (SSSR count). The molecule has 0 radical (unpaired) electrons. The van der Waals surface area contributed by atoms with Crippen molar-refractivity contribution in [3.8, 4) is 0 Å². The van der Waals surface area contributed by atoms with Crippen LogP contribution in [0.2, 0.25) is 0 Å². The highest BCUT2D eigenvalue weighted by molar-refractivity contribution is 5.95. The number of Topliss-reactive ketones (excluding diaryl/α,β-unsaturated/α-hetero) is 2. The second-order valence-electron chi connectivity index (χ2n) is 8.47. The number of fused-ring (bicyclic) bond motifs is 5. The minimum Gasteiger partial charge on any atom is -0.299 e. The van der Waals surface area contributed by atoms with Crippen molar-refractivity contribution in [2.75, 3.05) is 0 Å². The van der Waals surface area contributed by atoms with Gasteiger partial charge in [0, 0.05) is 18.3 Å². The van der Waals surface area contributed by atoms with Crippen LogP contribution < -0.4 is 0 Å². The molecule has 3 fully saturated rings. The molecule has 0 N–H and O–H groups in total. The highest BCUT2D eigenvalue weighted by Gasteiger charge is 2.59. The van der Waals surface area contributed by atoms with Crippen molar-refractivity contribution in [2.24, 2.45) is 28.6 Å². The molecule has 0 spiro atoms. The van der Waals surface area contributed by atoms with Crippen molar-refractivity contribution >= 4 is 11.6 Å². The van der Waals surface area contributed by atoms with Gasteiger partial charge < -0.3 is 0 Å². The van der Waals surface area contributed by atoms with E-state index in [1.54, 1.807) is 0 Å². The number of halogens is 1. The van der Waals surface area contributed by atoms with Crippen molar-refractivity contribution in [1.82, 2.24) is 0 Å². The molecule has 0 amide bonds. The summed E-state index contributed by atoms with van der Waals surface area (Å²) in [5, 5.41) is 0. The van der Waals surface area contributed by atoms with Gasteiger partial charge in [0.15, 0.2) is 11.6 Å². The Hall–Kier alpha value is -0.990. The molecule has 0 aromatic heterocycles. The molecule has 0 bridgehead atoms. The van der Waals surface area contributed by atoms with E-state index in [1.807, 2.05) is 0 Å². The molecule has 22 heavy (non-hydrogen) atoms. The smallest absolute Gasteiger partial charge is 0.191 e. The number of allylic oxidation sites excluding steroid dienone is 1. The fourth-order valence-corrected chi connectivity index (χ4v) is 6.42. The summed E-state index contributed by atoms with van der Waals surface area (Å²) in [6.45, 7) is 4.35. The minimum atomic E-state index is -0.428. The van der Waals surface area contributed by atoms with Gasteiger partial charge in [0.2, 0.25) is 0 Å². The number of carbonyl (C=O) groups excluding carboxylic acids is 2. The van der Waals surface area contributed by atoms with Crippen molar-refractivity contribution in [3.05, 3.63) is 11.4 Å². The van der Waals surface area contributed by atoms with E-state index in [9.17, 15) is 14.0 Å². The van der Waals surface area contributed by atoms with Crippen LogP contribution in [-0.4, -0.2) is 11.6 Å². The third-order valence-corrected chi connectivity index (χ3v) is 7.76. The summed E-state index contributed by atoms with van der Waals surface area (Å²) in [6, 6.07) is 0. The molecule has 2 nitrogen and oxygen atoms in total. The molecule has 0 heterocycles. The van der Waals surface area contributed by atoms with Crippen molar-refractivity contribution < 1.29 is 14.0 Å². The second-order valence-corrected chi connectivity index (χ2v) is 8.47. The van der Waals surface area contributed by atoms with E-state index in [0.29, 0.717) is 30.0 Å². The Kier molecular flexibility index (Phi) is 3.00. The van der Waals surface area contributed by atoms with E-state index in [-0.39, 0.29) is 16.6 Å². The Labute approximate surface area is 131 Å². The third kappa shape index (κ3) is 1.66. The molecule has 4 aliphatic carbocycles.